The number of halogens is 1. The van der Waals surface area contributed by atoms with Crippen LogP contribution in [0.4, 0.5) is 10.1 Å². The van der Waals surface area contributed by atoms with Gasteiger partial charge in [-0.2, -0.15) is 4.31 Å². The van der Waals surface area contributed by atoms with Crippen molar-refractivity contribution in [3.05, 3.63) is 24.0 Å². The van der Waals surface area contributed by atoms with Gasteiger partial charge in [0.1, 0.15) is 10.7 Å². The van der Waals surface area contributed by atoms with Crippen molar-refractivity contribution in [1.29, 1.82) is 0 Å². The molecule has 0 bridgehead atoms. The normalized spacial score (nSPS) is 12.0. The molecular weight excluding hydrogens is 259 g/mol. The lowest BCUT2D eigenvalue weighted by Crippen LogP contribution is -2.31. The van der Waals surface area contributed by atoms with Crippen LogP contribution in [0.3, 0.4) is 0 Å². The molecule has 0 saturated heterocycles. The molecule has 0 atom stereocenters. The summed E-state index contributed by atoms with van der Waals surface area (Å²) in [7, 11) is -2.38. The van der Waals surface area contributed by atoms with Gasteiger partial charge in [-0.3, -0.25) is 0 Å². The van der Waals surface area contributed by atoms with Crippen LogP contribution in [0.15, 0.2) is 23.1 Å². The molecule has 0 unspecified atom stereocenters. The molecule has 1 aromatic rings. The first kappa shape index (κ1) is 14.9. The molecule has 5 nitrogen and oxygen atoms in total. The lowest BCUT2D eigenvalue weighted by atomic mass is 10.3. The van der Waals surface area contributed by atoms with Gasteiger partial charge >= 0.3 is 0 Å². The van der Waals surface area contributed by atoms with Crippen LogP contribution < -0.4 is 5.73 Å². The van der Waals surface area contributed by atoms with E-state index in [9.17, 15) is 12.8 Å². The average Bonchev–Trinajstić information content (AvgIpc) is 2.32. The summed E-state index contributed by atoms with van der Waals surface area (Å²) in [5.74, 6) is -0.638. The molecule has 0 saturated carbocycles. The maximum Gasteiger partial charge on any atom is 0.245 e. The number of rotatable bonds is 6. The SMILES string of the molecule is CCOCCN(C)S(=O)(=O)c1cc(F)ccc1N. The topological polar surface area (TPSA) is 72.6 Å². The minimum absolute atomic E-state index is 0.0275. The van der Waals surface area contributed by atoms with Gasteiger partial charge in [0.15, 0.2) is 0 Å². The van der Waals surface area contributed by atoms with Crippen molar-refractivity contribution in [3.8, 4) is 0 Å². The number of nitrogens with two attached hydrogens (primary N) is 1. The maximum atomic E-state index is 13.1. The highest BCUT2D eigenvalue weighted by Gasteiger charge is 2.23. The minimum Gasteiger partial charge on any atom is -0.398 e. The smallest absolute Gasteiger partial charge is 0.245 e. The van der Waals surface area contributed by atoms with Gasteiger partial charge in [0, 0.05) is 20.2 Å². The van der Waals surface area contributed by atoms with Crippen LogP contribution in [0.5, 0.6) is 0 Å². The van der Waals surface area contributed by atoms with E-state index in [1.807, 2.05) is 6.92 Å². The van der Waals surface area contributed by atoms with Crippen LogP contribution >= 0.6 is 0 Å². The summed E-state index contributed by atoms with van der Waals surface area (Å²) in [5, 5.41) is 0. The summed E-state index contributed by atoms with van der Waals surface area (Å²) in [6.07, 6.45) is 0. The maximum absolute atomic E-state index is 13.1. The number of nitrogen functional groups attached to an aromatic ring is 1. The summed E-state index contributed by atoms with van der Waals surface area (Å²) in [5.41, 5.74) is 5.59. The zero-order chi connectivity index (χ0) is 13.8. The minimum atomic E-state index is -3.78. The fourth-order valence-electron chi connectivity index (χ4n) is 1.36. The highest BCUT2D eigenvalue weighted by Crippen LogP contribution is 2.22. The van der Waals surface area contributed by atoms with Gasteiger partial charge in [-0.1, -0.05) is 0 Å². The Hall–Kier alpha value is -1.18. The van der Waals surface area contributed by atoms with E-state index in [1.165, 1.54) is 13.1 Å². The third-order valence-corrected chi connectivity index (χ3v) is 4.33. The van der Waals surface area contributed by atoms with Crippen LogP contribution in [0, 0.1) is 5.82 Å². The van der Waals surface area contributed by atoms with Crippen LogP contribution in [0.1, 0.15) is 6.92 Å². The number of nitrogens with zero attached hydrogens (tertiary/aromatic N) is 1. The zero-order valence-corrected chi connectivity index (χ0v) is 11.2. The molecule has 0 fully saturated rings. The highest BCUT2D eigenvalue weighted by atomic mass is 32.2. The van der Waals surface area contributed by atoms with Crippen LogP contribution in [-0.4, -0.2) is 39.5 Å². The monoisotopic (exact) mass is 276 g/mol. The summed E-state index contributed by atoms with van der Waals surface area (Å²) in [6, 6.07) is 3.27. The van der Waals surface area contributed by atoms with E-state index in [-0.39, 0.29) is 23.7 Å². The van der Waals surface area contributed by atoms with Crippen molar-refractivity contribution >= 4 is 15.7 Å². The second-order valence-electron chi connectivity index (χ2n) is 3.71. The fraction of sp³-hybridized carbons (Fsp3) is 0.455. The van der Waals surface area contributed by atoms with Crippen molar-refractivity contribution in [2.24, 2.45) is 0 Å². The zero-order valence-electron chi connectivity index (χ0n) is 10.4. The Morgan fingerprint density at radius 1 is 1.44 bits per heavy atom. The molecule has 0 aliphatic rings. The average molecular weight is 276 g/mol. The fourth-order valence-corrected chi connectivity index (χ4v) is 2.64. The largest absolute Gasteiger partial charge is 0.398 e. The first-order valence-electron chi connectivity index (χ1n) is 5.48. The Morgan fingerprint density at radius 3 is 2.72 bits per heavy atom. The molecule has 0 spiro atoms. The van der Waals surface area contributed by atoms with Gasteiger partial charge in [0.05, 0.1) is 12.3 Å². The number of likely N-dealkylation sites (N-methyl/N-ethyl adjacent to an activating group) is 1. The van der Waals surface area contributed by atoms with Gasteiger partial charge in [0.25, 0.3) is 0 Å². The molecule has 2 N–H and O–H groups in total. The standard InChI is InChI=1S/C11H17FN2O3S/c1-3-17-7-6-14(2)18(15,16)11-8-9(12)4-5-10(11)13/h4-5,8H,3,6-7,13H2,1-2H3. The molecule has 0 heterocycles. The number of hydrogen-bond acceptors (Lipinski definition) is 4. The first-order chi connectivity index (χ1) is 8.39. The molecule has 102 valence electrons. The third-order valence-electron chi connectivity index (χ3n) is 2.42. The molecule has 0 aromatic heterocycles. The van der Waals surface area contributed by atoms with Crippen LogP contribution in [0.2, 0.25) is 0 Å². The number of ether oxygens (including phenoxy) is 1. The second-order valence-corrected chi connectivity index (χ2v) is 5.72. The van der Waals surface area contributed by atoms with Gasteiger partial charge in [-0.15, -0.1) is 0 Å². The van der Waals surface area contributed by atoms with E-state index >= 15 is 0 Å². The summed E-state index contributed by atoms with van der Waals surface area (Å²) < 4.78 is 43.5. The Labute approximate surface area is 106 Å². The van der Waals surface area contributed by atoms with Crippen molar-refractivity contribution in [3.63, 3.8) is 0 Å². The predicted molar refractivity (Wildman–Crippen MR) is 67.1 cm³/mol. The van der Waals surface area contributed by atoms with Crippen molar-refractivity contribution in [2.75, 3.05) is 32.5 Å². The van der Waals surface area contributed by atoms with Crippen molar-refractivity contribution in [1.82, 2.24) is 4.31 Å². The Bertz CT molecular complexity index is 505. The Morgan fingerprint density at radius 2 is 2.11 bits per heavy atom. The number of anilines is 1. The van der Waals surface area contributed by atoms with E-state index in [2.05, 4.69) is 0 Å². The van der Waals surface area contributed by atoms with E-state index in [0.717, 1.165) is 16.4 Å². The van der Waals surface area contributed by atoms with E-state index < -0.39 is 15.8 Å². The van der Waals surface area contributed by atoms with E-state index in [4.69, 9.17) is 10.5 Å². The number of benzene rings is 1. The summed E-state index contributed by atoms with van der Waals surface area (Å²) in [6.45, 7) is 2.79. The van der Waals surface area contributed by atoms with Gasteiger partial charge < -0.3 is 10.5 Å². The molecule has 0 radical (unpaired) electrons. The molecular formula is C11H17FN2O3S. The lowest BCUT2D eigenvalue weighted by Gasteiger charge is -2.18. The Kier molecular flexibility index (Phi) is 5.06. The molecule has 1 rings (SSSR count). The van der Waals surface area contributed by atoms with Crippen molar-refractivity contribution < 1.29 is 17.5 Å². The highest BCUT2D eigenvalue weighted by molar-refractivity contribution is 7.89. The van der Waals surface area contributed by atoms with E-state index in [0.29, 0.717) is 6.61 Å². The van der Waals surface area contributed by atoms with Gasteiger partial charge in [-0.05, 0) is 25.1 Å². The first-order valence-corrected chi connectivity index (χ1v) is 6.92. The molecule has 0 aliphatic heterocycles. The van der Waals surface area contributed by atoms with Gasteiger partial charge in [0.2, 0.25) is 10.0 Å². The van der Waals surface area contributed by atoms with Gasteiger partial charge in [-0.25, -0.2) is 12.8 Å². The Balaban J connectivity index is 2.95. The summed E-state index contributed by atoms with van der Waals surface area (Å²) in [4.78, 5) is -0.221. The van der Waals surface area contributed by atoms with E-state index in [1.54, 1.807) is 0 Å². The van der Waals surface area contributed by atoms with Crippen LogP contribution in [-0.2, 0) is 14.8 Å². The lowest BCUT2D eigenvalue weighted by molar-refractivity contribution is 0.138. The predicted octanol–water partition coefficient (Wildman–Crippen LogP) is 1.06. The number of sulfonamides is 1. The summed E-state index contributed by atoms with van der Waals surface area (Å²) >= 11 is 0. The molecule has 7 heteroatoms. The molecule has 1 aromatic carbocycles. The molecule has 18 heavy (non-hydrogen) atoms. The third kappa shape index (κ3) is 3.41. The molecule has 0 amide bonds. The quantitative estimate of drug-likeness (QED) is 0.623. The second kappa shape index (κ2) is 6.12. The van der Waals surface area contributed by atoms with Crippen LogP contribution in [0.25, 0.3) is 0 Å². The molecule has 0 aliphatic carbocycles. The number of hydrogen-bond donors (Lipinski definition) is 1. The van der Waals surface area contributed by atoms with Crippen molar-refractivity contribution in [2.45, 2.75) is 11.8 Å².